The van der Waals surface area contributed by atoms with Crippen LogP contribution in [0.15, 0.2) is 11.6 Å². The summed E-state index contributed by atoms with van der Waals surface area (Å²) in [6.45, 7) is 21.1. The molecule has 0 aromatic rings. The van der Waals surface area contributed by atoms with Crippen molar-refractivity contribution in [1.82, 2.24) is 0 Å². The van der Waals surface area contributed by atoms with Crippen LogP contribution in [0.1, 0.15) is 81.6 Å². The first kappa shape index (κ1) is 22.5. The van der Waals surface area contributed by atoms with Crippen LogP contribution in [0.25, 0.3) is 0 Å². The fraction of sp³-hybridized carbons (Fsp3) is 0.917. The highest BCUT2D eigenvalue weighted by Gasteiger charge is 2.79. The molecule has 0 spiro atoms. The van der Waals surface area contributed by atoms with Crippen LogP contribution in [-0.4, -0.2) is 36.8 Å². The third-order valence-electron chi connectivity index (χ3n) is 9.71. The van der Waals surface area contributed by atoms with Crippen LogP contribution < -0.4 is 0 Å². The molecule has 3 rings (SSSR count). The summed E-state index contributed by atoms with van der Waals surface area (Å²) in [6, 6.07) is 0. The summed E-state index contributed by atoms with van der Waals surface area (Å²) >= 11 is 0. The Bertz CT molecular complexity index is 620. The normalized spacial score (nSPS) is 43.2. The molecule has 2 N–H and O–H groups in total. The molecule has 6 atom stereocenters. The topological polar surface area (TPSA) is 49.7 Å². The Morgan fingerprint density at radius 1 is 1.14 bits per heavy atom. The molecule has 0 aromatic heterocycles. The quantitative estimate of drug-likeness (QED) is 0.439. The molecule has 3 aliphatic carbocycles. The van der Waals surface area contributed by atoms with Gasteiger partial charge in [0, 0.05) is 17.4 Å². The van der Waals surface area contributed by atoms with Gasteiger partial charge in [-0.1, -0.05) is 67.0 Å². The van der Waals surface area contributed by atoms with E-state index in [1.807, 2.05) is 0 Å². The van der Waals surface area contributed by atoms with E-state index in [2.05, 4.69) is 68.4 Å². The Kier molecular flexibility index (Phi) is 5.58. The molecule has 162 valence electrons. The molecule has 28 heavy (non-hydrogen) atoms. The lowest BCUT2D eigenvalue weighted by molar-refractivity contribution is -0.134. The molecule has 3 nitrogen and oxygen atoms in total. The van der Waals surface area contributed by atoms with E-state index in [1.165, 1.54) is 5.57 Å². The lowest BCUT2D eigenvalue weighted by Gasteiger charge is -2.56. The monoisotopic (exact) mass is 408 g/mol. The minimum absolute atomic E-state index is 0.231. The zero-order valence-electron chi connectivity index (χ0n) is 19.7. The van der Waals surface area contributed by atoms with Crippen molar-refractivity contribution in [3.05, 3.63) is 11.6 Å². The third-order valence-corrected chi connectivity index (χ3v) is 15.8. The largest absolute Gasteiger partial charge is 0.415 e. The number of aliphatic hydroxyl groups excluding tert-OH is 1. The number of fused-ring (bicyclic) bond motifs is 5. The zero-order chi connectivity index (χ0) is 21.3. The van der Waals surface area contributed by atoms with Gasteiger partial charge in [0.25, 0.3) is 0 Å². The van der Waals surface area contributed by atoms with Gasteiger partial charge in [-0.25, -0.2) is 0 Å². The van der Waals surface area contributed by atoms with Gasteiger partial charge < -0.3 is 14.6 Å². The Morgan fingerprint density at radius 3 is 2.18 bits per heavy atom. The van der Waals surface area contributed by atoms with Crippen molar-refractivity contribution >= 4 is 8.32 Å². The van der Waals surface area contributed by atoms with Gasteiger partial charge in [0.05, 0.1) is 6.10 Å². The van der Waals surface area contributed by atoms with Gasteiger partial charge >= 0.3 is 0 Å². The Labute approximate surface area is 174 Å². The van der Waals surface area contributed by atoms with Crippen LogP contribution in [0, 0.1) is 22.7 Å². The van der Waals surface area contributed by atoms with E-state index in [4.69, 9.17) is 4.43 Å². The number of rotatable bonds is 6. The van der Waals surface area contributed by atoms with Gasteiger partial charge in [0.1, 0.15) is 5.60 Å². The van der Waals surface area contributed by atoms with Crippen LogP contribution >= 0.6 is 0 Å². The second-order valence-electron chi connectivity index (χ2n) is 11.4. The van der Waals surface area contributed by atoms with Gasteiger partial charge in [0.2, 0.25) is 0 Å². The van der Waals surface area contributed by atoms with Gasteiger partial charge in [-0.3, -0.25) is 0 Å². The molecule has 0 heterocycles. The molecule has 0 aliphatic heterocycles. The molecule has 4 heteroatoms. The molecule has 2 bridgehead atoms. The summed E-state index contributed by atoms with van der Waals surface area (Å²) in [4.78, 5) is 0. The van der Waals surface area contributed by atoms with Crippen molar-refractivity contribution in [2.45, 2.75) is 110 Å². The van der Waals surface area contributed by atoms with E-state index in [-0.39, 0.29) is 11.3 Å². The van der Waals surface area contributed by atoms with Crippen molar-refractivity contribution in [1.29, 1.82) is 0 Å². The lowest BCUT2D eigenvalue weighted by atomic mass is 9.52. The highest BCUT2D eigenvalue weighted by Crippen LogP contribution is 2.74. The standard InChI is InChI=1S/C24H44O3Si/c1-15(2)28(16(3)4,17(5)6)27-14-23-18(7)11-10-12-20(23)22(9)19(8)13-24(23,26)21(22)25/h11,15-17,19-21,25-26H,10,12-14H2,1-9H3/t19-,20-,21?,22+,23-,24-/m0/s1. The molecule has 1 unspecified atom stereocenters. The predicted molar refractivity (Wildman–Crippen MR) is 119 cm³/mol. The van der Waals surface area contributed by atoms with E-state index >= 15 is 0 Å². The molecule has 0 saturated heterocycles. The van der Waals surface area contributed by atoms with Crippen LogP contribution in [-0.2, 0) is 4.43 Å². The van der Waals surface area contributed by atoms with Gasteiger partial charge in [0.15, 0.2) is 8.32 Å². The smallest absolute Gasteiger partial charge is 0.200 e. The zero-order valence-corrected chi connectivity index (χ0v) is 20.7. The molecule has 3 aliphatic rings. The fourth-order valence-electron chi connectivity index (χ4n) is 8.28. The maximum atomic E-state index is 12.0. The van der Waals surface area contributed by atoms with E-state index in [9.17, 15) is 10.2 Å². The van der Waals surface area contributed by atoms with Crippen LogP contribution in [0.2, 0.25) is 16.6 Å². The highest BCUT2D eigenvalue weighted by atomic mass is 28.4. The first-order valence-electron chi connectivity index (χ1n) is 11.5. The second-order valence-corrected chi connectivity index (χ2v) is 16.9. The predicted octanol–water partition coefficient (Wildman–Crippen LogP) is 5.67. The maximum absolute atomic E-state index is 12.0. The summed E-state index contributed by atoms with van der Waals surface area (Å²) < 4.78 is 7.10. The minimum Gasteiger partial charge on any atom is -0.415 e. The number of allylic oxidation sites excluding steroid dienone is 1. The fourth-order valence-corrected chi connectivity index (χ4v) is 13.8. The molecular weight excluding hydrogens is 364 g/mol. The van der Waals surface area contributed by atoms with Crippen LogP contribution in [0.5, 0.6) is 0 Å². The summed E-state index contributed by atoms with van der Waals surface area (Å²) in [6.07, 6.45) is 4.40. The van der Waals surface area contributed by atoms with Crippen molar-refractivity contribution in [2.24, 2.45) is 22.7 Å². The Hall–Kier alpha value is -0.163. The van der Waals surface area contributed by atoms with Crippen LogP contribution in [0.4, 0.5) is 0 Å². The molecule has 0 aromatic carbocycles. The van der Waals surface area contributed by atoms with Crippen molar-refractivity contribution in [3.63, 3.8) is 0 Å². The van der Waals surface area contributed by atoms with Crippen molar-refractivity contribution in [2.75, 3.05) is 6.61 Å². The van der Waals surface area contributed by atoms with E-state index in [0.29, 0.717) is 35.6 Å². The average Bonchev–Trinajstić information content (AvgIpc) is 2.85. The first-order chi connectivity index (χ1) is 12.8. The molecular formula is C24H44O3Si. The summed E-state index contributed by atoms with van der Waals surface area (Å²) in [5.74, 6) is 0.616. The summed E-state index contributed by atoms with van der Waals surface area (Å²) in [7, 11) is -2.05. The Balaban J connectivity index is 2.08. The van der Waals surface area contributed by atoms with Crippen molar-refractivity contribution in [3.8, 4) is 0 Å². The lowest BCUT2D eigenvalue weighted by Crippen LogP contribution is -2.60. The van der Waals surface area contributed by atoms with Gasteiger partial charge in [-0.05, 0) is 54.6 Å². The molecule has 2 saturated carbocycles. The average molecular weight is 409 g/mol. The number of aliphatic hydroxyl groups is 2. The number of hydrogen-bond donors (Lipinski definition) is 2. The number of hydrogen-bond acceptors (Lipinski definition) is 3. The van der Waals surface area contributed by atoms with Crippen LogP contribution in [0.3, 0.4) is 0 Å². The molecule has 0 radical (unpaired) electrons. The minimum atomic E-state index is -2.05. The summed E-state index contributed by atoms with van der Waals surface area (Å²) in [5, 5.41) is 23.4. The first-order valence-corrected chi connectivity index (χ1v) is 13.7. The van der Waals surface area contributed by atoms with Gasteiger partial charge in [-0.2, -0.15) is 0 Å². The summed E-state index contributed by atoms with van der Waals surface area (Å²) in [5.41, 5.74) is 1.06. The SMILES string of the molecule is CC1=CCC[C@H]2[C@]3(C)C(O)[C@@](O)(C[C@@H]3C)[C@@]12CO[Si](C(C)C)(C(C)C)C(C)C. The van der Waals surface area contributed by atoms with Gasteiger partial charge in [-0.15, -0.1) is 0 Å². The maximum Gasteiger partial charge on any atom is 0.200 e. The van der Waals surface area contributed by atoms with E-state index in [0.717, 1.165) is 12.8 Å². The van der Waals surface area contributed by atoms with E-state index in [1.54, 1.807) is 0 Å². The second kappa shape index (κ2) is 6.93. The Morgan fingerprint density at radius 2 is 1.68 bits per heavy atom. The highest BCUT2D eigenvalue weighted by molar-refractivity contribution is 6.77. The van der Waals surface area contributed by atoms with E-state index < -0.39 is 25.4 Å². The van der Waals surface area contributed by atoms with Crippen molar-refractivity contribution < 1.29 is 14.6 Å². The molecule has 2 fully saturated rings. The third kappa shape index (κ3) is 2.44. The molecule has 0 amide bonds.